The molecule has 0 aromatic heterocycles. The zero-order valence-electron chi connectivity index (χ0n) is 16.5. The van der Waals surface area contributed by atoms with E-state index in [1.165, 1.54) is 0 Å². The molecule has 6 nitrogen and oxygen atoms in total. The maximum absolute atomic E-state index is 12.6. The highest BCUT2D eigenvalue weighted by atomic mass is 79.9. The van der Waals surface area contributed by atoms with Crippen molar-refractivity contribution in [3.63, 3.8) is 0 Å². The average molecular weight is 449 g/mol. The second-order valence-corrected chi connectivity index (χ2v) is 7.33. The van der Waals surface area contributed by atoms with Crippen molar-refractivity contribution in [2.75, 3.05) is 25.6 Å². The molecule has 28 heavy (non-hydrogen) atoms. The van der Waals surface area contributed by atoms with Gasteiger partial charge in [-0.1, -0.05) is 28.1 Å². The predicted molar refractivity (Wildman–Crippen MR) is 113 cm³/mol. The standard InChI is InChI=1S/C21H25BrN2O4/c1-13-11-16(22)12-14(2)19(13)28-15(3)20(25)24-18-8-6-5-7-17(18)21(26)23-9-10-27-4/h5-8,11-12,15H,9-10H2,1-4H3,(H,23,26)(H,24,25). The van der Waals surface area contributed by atoms with Crippen molar-refractivity contribution >= 4 is 33.4 Å². The van der Waals surface area contributed by atoms with Crippen molar-refractivity contribution in [2.45, 2.75) is 26.9 Å². The Labute approximate surface area is 173 Å². The van der Waals surface area contributed by atoms with Crippen molar-refractivity contribution in [2.24, 2.45) is 0 Å². The van der Waals surface area contributed by atoms with Gasteiger partial charge in [0.25, 0.3) is 11.8 Å². The molecule has 0 aliphatic heterocycles. The van der Waals surface area contributed by atoms with Gasteiger partial charge in [0.1, 0.15) is 5.75 Å². The number of methoxy groups -OCH3 is 1. The van der Waals surface area contributed by atoms with E-state index in [0.717, 1.165) is 15.6 Å². The Balaban J connectivity index is 2.09. The van der Waals surface area contributed by atoms with E-state index in [1.54, 1.807) is 38.3 Å². The van der Waals surface area contributed by atoms with Gasteiger partial charge in [0, 0.05) is 18.1 Å². The van der Waals surface area contributed by atoms with Crippen molar-refractivity contribution in [1.82, 2.24) is 5.32 Å². The highest BCUT2D eigenvalue weighted by Gasteiger charge is 2.20. The van der Waals surface area contributed by atoms with Crippen LogP contribution >= 0.6 is 15.9 Å². The molecule has 0 saturated heterocycles. The van der Waals surface area contributed by atoms with Crippen molar-refractivity contribution in [3.05, 3.63) is 57.6 Å². The fourth-order valence-corrected chi connectivity index (χ4v) is 3.39. The number of carbonyl (C=O) groups excluding carboxylic acids is 2. The van der Waals surface area contributed by atoms with E-state index in [1.807, 2.05) is 26.0 Å². The van der Waals surface area contributed by atoms with Crippen LogP contribution in [0.15, 0.2) is 40.9 Å². The summed E-state index contributed by atoms with van der Waals surface area (Å²) in [7, 11) is 1.57. The molecule has 1 atom stereocenters. The van der Waals surface area contributed by atoms with Crippen LogP contribution in [0.25, 0.3) is 0 Å². The summed E-state index contributed by atoms with van der Waals surface area (Å²) in [5, 5.41) is 5.54. The number of aryl methyl sites for hydroxylation is 2. The first-order valence-corrected chi connectivity index (χ1v) is 9.73. The third-order valence-electron chi connectivity index (χ3n) is 4.11. The van der Waals surface area contributed by atoms with Crippen molar-refractivity contribution in [1.29, 1.82) is 0 Å². The Hall–Kier alpha value is -2.38. The lowest BCUT2D eigenvalue weighted by atomic mass is 10.1. The number of ether oxygens (including phenoxy) is 2. The summed E-state index contributed by atoms with van der Waals surface area (Å²) in [6.07, 6.45) is -0.733. The van der Waals surface area contributed by atoms with E-state index < -0.39 is 6.10 Å². The molecule has 2 amide bonds. The van der Waals surface area contributed by atoms with Crippen molar-refractivity contribution < 1.29 is 19.1 Å². The summed E-state index contributed by atoms with van der Waals surface area (Å²) in [4.78, 5) is 25.0. The highest BCUT2D eigenvalue weighted by Crippen LogP contribution is 2.28. The number of anilines is 1. The molecule has 0 heterocycles. The number of hydrogen-bond donors (Lipinski definition) is 2. The van der Waals surface area contributed by atoms with E-state index in [9.17, 15) is 9.59 Å². The van der Waals surface area contributed by atoms with Gasteiger partial charge in [-0.05, 0) is 56.2 Å². The fraction of sp³-hybridized carbons (Fsp3) is 0.333. The molecular weight excluding hydrogens is 424 g/mol. The number of para-hydroxylation sites is 1. The van der Waals surface area contributed by atoms with Gasteiger partial charge in [-0.25, -0.2) is 0 Å². The second kappa shape index (κ2) is 10.2. The Kier molecular flexibility index (Phi) is 8.02. The van der Waals surface area contributed by atoms with Crippen LogP contribution in [0.3, 0.4) is 0 Å². The van der Waals surface area contributed by atoms with E-state index in [-0.39, 0.29) is 11.8 Å². The summed E-state index contributed by atoms with van der Waals surface area (Å²) < 4.78 is 11.8. The first-order valence-electron chi connectivity index (χ1n) is 8.94. The molecule has 0 bridgehead atoms. The summed E-state index contributed by atoms with van der Waals surface area (Å²) in [6, 6.07) is 10.7. The Morgan fingerprint density at radius 1 is 1.14 bits per heavy atom. The van der Waals surface area contributed by atoms with E-state index in [0.29, 0.717) is 30.2 Å². The fourth-order valence-electron chi connectivity index (χ4n) is 2.70. The summed E-state index contributed by atoms with van der Waals surface area (Å²) in [5.41, 5.74) is 2.69. The number of benzene rings is 2. The van der Waals surface area contributed by atoms with E-state index in [2.05, 4.69) is 26.6 Å². The summed E-state index contributed by atoms with van der Waals surface area (Å²) in [5.74, 6) is 0.0661. The minimum absolute atomic E-state index is 0.277. The van der Waals surface area contributed by atoms with Crippen LogP contribution in [0.1, 0.15) is 28.4 Å². The molecule has 0 fully saturated rings. The number of nitrogens with one attached hydrogen (secondary N) is 2. The first kappa shape index (κ1) is 21.9. The van der Waals surface area contributed by atoms with Crippen LogP contribution in [-0.4, -0.2) is 38.2 Å². The zero-order chi connectivity index (χ0) is 20.7. The number of hydrogen-bond acceptors (Lipinski definition) is 4. The molecule has 0 saturated carbocycles. The summed E-state index contributed by atoms with van der Waals surface area (Å²) in [6.45, 7) is 6.34. The van der Waals surface area contributed by atoms with Crippen LogP contribution in [0.2, 0.25) is 0 Å². The lowest BCUT2D eigenvalue weighted by Crippen LogP contribution is -2.32. The lowest BCUT2D eigenvalue weighted by Gasteiger charge is -2.19. The van der Waals surface area contributed by atoms with Gasteiger partial charge in [0.15, 0.2) is 6.10 Å². The lowest BCUT2D eigenvalue weighted by molar-refractivity contribution is -0.122. The van der Waals surface area contributed by atoms with Gasteiger partial charge in [-0.2, -0.15) is 0 Å². The van der Waals surface area contributed by atoms with E-state index >= 15 is 0 Å². The van der Waals surface area contributed by atoms with Gasteiger partial charge < -0.3 is 20.1 Å². The van der Waals surface area contributed by atoms with E-state index in [4.69, 9.17) is 9.47 Å². The highest BCUT2D eigenvalue weighted by molar-refractivity contribution is 9.10. The quantitative estimate of drug-likeness (QED) is 0.601. The van der Waals surface area contributed by atoms with Gasteiger partial charge in [0.2, 0.25) is 0 Å². The SMILES string of the molecule is COCCNC(=O)c1ccccc1NC(=O)C(C)Oc1c(C)cc(Br)cc1C. The third kappa shape index (κ3) is 5.81. The largest absolute Gasteiger partial charge is 0.480 e. The maximum atomic E-state index is 12.6. The van der Waals surface area contributed by atoms with Crippen LogP contribution in [-0.2, 0) is 9.53 Å². The Morgan fingerprint density at radius 3 is 2.43 bits per heavy atom. The molecule has 150 valence electrons. The normalized spacial score (nSPS) is 11.6. The average Bonchev–Trinajstić information content (AvgIpc) is 2.65. The zero-order valence-corrected chi connectivity index (χ0v) is 18.1. The summed E-state index contributed by atoms with van der Waals surface area (Å²) >= 11 is 3.45. The monoisotopic (exact) mass is 448 g/mol. The molecule has 0 radical (unpaired) electrons. The van der Waals surface area contributed by atoms with Gasteiger partial charge in [-0.15, -0.1) is 0 Å². The topological polar surface area (TPSA) is 76.7 Å². The predicted octanol–water partition coefficient (Wildman–Crippen LogP) is 3.85. The smallest absolute Gasteiger partial charge is 0.265 e. The van der Waals surface area contributed by atoms with Crippen LogP contribution in [0, 0.1) is 13.8 Å². The minimum atomic E-state index is -0.733. The Bertz CT molecular complexity index is 831. The van der Waals surface area contributed by atoms with Crippen LogP contribution < -0.4 is 15.4 Å². The molecule has 2 aromatic carbocycles. The molecule has 0 spiro atoms. The minimum Gasteiger partial charge on any atom is -0.480 e. The molecule has 2 N–H and O–H groups in total. The number of amides is 2. The number of rotatable bonds is 8. The molecular formula is C21H25BrN2O4. The number of carbonyl (C=O) groups is 2. The molecule has 0 aliphatic carbocycles. The maximum Gasteiger partial charge on any atom is 0.265 e. The Morgan fingerprint density at radius 2 is 1.79 bits per heavy atom. The molecule has 0 aliphatic rings. The van der Waals surface area contributed by atoms with Crippen LogP contribution in [0.5, 0.6) is 5.75 Å². The third-order valence-corrected chi connectivity index (χ3v) is 4.57. The number of halogens is 1. The van der Waals surface area contributed by atoms with Gasteiger partial charge in [-0.3, -0.25) is 9.59 Å². The van der Waals surface area contributed by atoms with Gasteiger partial charge in [0.05, 0.1) is 17.9 Å². The van der Waals surface area contributed by atoms with Crippen molar-refractivity contribution in [3.8, 4) is 5.75 Å². The molecule has 2 rings (SSSR count). The second-order valence-electron chi connectivity index (χ2n) is 6.41. The molecule has 2 aromatic rings. The van der Waals surface area contributed by atoms with Crippen LogP contribution in [0.4, 0.5) is 5.69 Å². The first-order chi connectivity index (χ1) is 13.3. The molecule has 1 unspecified atom stereocenters. The molecule has 7 heteroatoms. The van der Waals surface area contributed by atoms with Gasteiger partial charge >= 0.3 is 0 Å².